The molecule has 0 aliphatic carbocycles. The molecule has 1 fully saturated rings. The van der Waals surface area contributed by atoms with E-state index in [0.717, 1.165) is 12.1 Å². The van der Waals surface area contributed by atoms with Gasteiger partial charge in [-0.25, -0.2) is 4.39 Å². The van der Waals surface area contributed by atoms with Crippen molar-refractivity contribution in [3.63, 3.8) is 0 Å². The van der Waals surface area contributed by atoms with Crippen molar-refractivity contribution in [1.82, 2.24) is 10.2 Å². The van der Waals surface area contributed by atoms with E-state index < -0.39 is 0 Å². The number of carbonyl (C=O) groups is 1. The number of morpholine rings is 1. The second kappa shape index (κ2) is 9.08. The Balaban J connectivity index is 0.00000242. The lowest BCUT2D eigenvalue weighted by molar-refractivity contribution is -0.134. The Bertz CT molecular complexity index is 464. The monoisotopic (exact) mass is 330 g/mol. The van der Waals surface area contributed by atoms with Crippen LogP contribution in [0.4, 0.5) is 4.39 Å². The van der Waals surface area contributed by atoms with Gasteiger partial charge in [0, 0.05) is 25.6 Å². The summed E-state index contributed by atoms with van der Waals surface area (Å²) in [7, 11) is 0. The quantitative estimate of drug-likeness (QED) is 0.902. The van der Waals surface area contributed by atoms with Gasteiger partial charge in [0.15, 0.2) is 0 Å². The third-order valence-corrected chi connectivity index (χ3v) is 3.90. The van der Waals surface area contributed by atoms with Crippen molar-refractivity contribution < 1.29 is 13.9 Å². The summed E-state index contributed by atoms with van der Waals surface area (Å²) in [6.07, 6.45) is 0.430. The van der Waals surface area contributed by atoms with Crippen molar-refractivity contribution in [1.29, 1.82) is 0 Å². The summed E-state index contributed by atoms with van der Waals surface area (Å²) in [5.74, 6) is -0.166. The molecule has 4 nitrogen and oxygen atoms in total. The van der Waals surface area contributed by atoms with E-state index in [9.17, 15) is 9.18 Å². The van der Waals surface area contributed by atoms with E-state index in [-0.39, 0.29) is 36.2 Å². The number of rotatable bonds is 5. The number of hydrogen-bond donors (Lipinski definition) is 1. The molecular weight excluding hydrogens is 307 g/mol. The first-order chi connectivity index (χ1) is 10.1. The Morgan fingerprint density at radius 3 is 2.68 bits per heavy atom. The van der Waals surface area contributed by atoms with Crippen LogP contribution in [0.25, 0.3) is 0 Å². The highest BCUT2D eigenvalue weighted by molar-refractivity contribution is 5.85. The minimum atomic E-state index is -0.260. The molecule has 1 aliphatic rings. The van der Waals surface area contributed by atoms with Gasteiger partial charge in [-0.1, -0.05) is 12.1 Å². The lowest BCUT2D eigenvalue weighted by Crippen LogP contribution is -2.45. The normalized spacial score (nSPS) is 19.1. The summed E-state index contributed by atoms with van der Waals surface area (Å²) in [5.41, 5.74) is 0.944. The number of benzene rings is 1. The highest BCUT2D eigenvalue weighted by Crippen LogP contribution is 2.21. The molecule has 1 N–H and O–H groups in total. The molecule has 2 rings (SSSR count). The van der Waals surface area contributed by atoms with E-state index in [1.54, 1.807) is 12.1 Å². The number of ether oxygens (including phenoxy) is 1. The molecule has 2 unspecified atom stereocenters. The maximum atomic E-state index is 13.0. The Kier molecular flexibility index (Phi) is 7.79. The minimum Gasteiger partial charge on any atom is -0.378 e. The maximum Gasteiger partial charge on any atom is 0.224 e. The summed E-state index contributed by atoms with van der Waals surface area (Å²) in [4.78, 5) is 14.3. The molecule has 2 atom stereocenters. The van der Waals surface area contributed by atoms with Crippen LogP contribution in [-0.2, 0) is 9.53 Å². The highest BCUT2D eigenvalue weighted by atomic mass is 35.5. The highest BCUT2D eigenvalue weighted by Gasteiger charge is 2.24. The van der Waals surface area contributed by atoms with Crippen molar-refractivity contribution in [3.05, 3.63) is 35.6 Å². The van der Waals surface area contributed by atoms with E-state index in [1.165, 1.54) is 12.1 Å². The Hall–Kier alpha value is -1.17. The van der Waals surface area contributed by atoms with Crippen LogP contribution in [0.2, 0.25) is 0 Å². The zero-order valence-electron chi connectivity index (χ0n) is 13.0. The van der Waals surface area contributed by atoms with Crippen LogP contribution in [0.1, 0.15) is 31.9 Å². The summed E-state index contributed by atoms with van der Waals surface area (Å²) in [6.45, 7) is 6.63. The lowest BCUT2D eigenvalue weighted by atomic mass is 10.1. The minimum absolute atomic E-state index is 0. The van der Waals surface area contributed by atoms with Gasteiger partial charge in [0.2, 0.25) is 5.91 Å². The van der Waals surface area contributed by atoms with Gasteiger partial charge in [-0.2, -0.15) is 0 Å². The van der Waals surface area contributed by atoms with E-state index in [1.807, 2.05) is 18.7 Å². The van der Waals surface area contributed by atoms with Crippen molar-refractivity contribution in [3.8, 4) is 0 Å². The van der Waals surface area contributed by atoms with E-state index in [0.29, 0.717) is 26.2 Å². The van der Waals surface area contributed by atoms with Crippen LogP contribution in [0.15, 0.2) is 24.3 Å². The number of amides is 1. The standard InChI is InChI=1S/C16H23FN2O2.ClH/c1-3-19(12(2)13-4-6-14(17)7-5-13)16(20)10-15-11-21-9-8-18-15;/h4-7,12,15,18H,3,8-11H2,1-2H3;1H. The predicted octanol–water partition coefficient (Wildman–Crippen LogP) is 2.54. The van der Waals surface area contributed by atoms with Crippen LogP contribution in [0.3, 0.4) is 0 Å². The van der Waals surface area contributed by atoms with Gasteiger partial charge in [0.05, 0.1) is 19.3 Å². The molecule has 6 heteroatoms. The molecule has 0 spiro atoms. The average Bonchev–Trinajstić information content (AvgIpc) is 2.49. The predicted molar refractivity (Wildman–Crippen MR) is 86.7 cm³/mol. The number of halogens is 2. The zero-order valence-corrected chi connectivity index (χ0v) is 13.9. The molecule has 1 aromatic rings. The first kappa shape index (κ1) is 18.9. The molecule has 22 heavy (non-hydrogen) atoms. The van der Waals surface area contributed by atoms with Gasteiger partial charge in [-0.3, -0.25) is 4.79 Å². The molecule has 1 heterocycles. The van der Waals surface area contributed by atoms with Gasteiger partial charge < -0.3 is 15.0 Å². The third kappa shape index (κ3) is 4.93. The van der Waals surface area contributed by atoms with Crippen LogP contribution in [0.5, 0.6) is 0 Å². The summed E-state index contributed by atoms with van der Waals surface area (Å²) < 4.78 is 18.4. The first-order valence-electron chi connectivity index (χ1n) is 7.48. The van der Waals surface area contributed by atoms with E-state index in [2.05, 4.69) is 5.32 Å². The maximum absolute atomic E-state index is 13.0. The van der Waals surface area contributed by atoms with Crippen molar-refractivity contribution in [2.24, 2.45) is 0 Å². The molecule has 124 valence electrons. The molecule has 1 aliphatic heterocycles. The van der Waals surface area contributed by atoms with Gasteiger partial charge in [-0.15, -0.1) is 12.4 Å². The molecule has 1 saturated heterocycles. The summed E-state index contributed by atoms with van der Waals surface area (Å²) in [5, 5.41) is 3.29. The van der Waals surface area contributed by atoms with Crippen molar-refractivity contribution in [2.75, 3.05) is 26.3 Å². The topological polar surface area (TPSA) is 41.6 Å². The summed E-state index contributed by atoms with van der Waals surface area (Å²) in [6, 6.07) is 6.35. The molecule has 1 aromatic carbocycles. The lowest BCUT2D eigenvalue weighted by Gasteiger charge is -2.31. The third-order valence-electron chi connectivity index (χ3n) is 3.90. The van der Waals surface area contributed by atoms with E-state index >= 15 is 0 Å². The van der Waals surface area contributed by atoms with Crippen molar-refractivity contribution in [2.45, 2.75) is 32.4 Å². The van der Waals surface area contributed by atoms with Gasteiger partial charge >= 0.3 is 0 Å². The van der Waals surface area contributed by atoms with Crippen LogP contribution in [0, 0.1) is 5.82 Å². The fourth-order valence-corrected chi connectivity index (χ4v) is 2.67. The van der Waals surface area contributed by atoms with Crippen LogP contribution >= 0.6 is 12.4 Å². The van der Waals surface area contributed by atoms with Crippen LogP contribution in [-0.4, -0.2) is 43.2 Å². The smallest absolute Gasteiger partial charge is 0.224 e. The molecule has 0 aromatic heterocycles. The van der Waals surface area contributed by atoms with E-state index in [4.69, 9.17) is 4.74 Å². The fraction of sp³-hybridized carbons (Fsp3) is 0.562. The van der Waals surface area contributed by atoms with Gasteiger partial charge in [0.1, 0.15) is 5.82 Å². The van der Waals surface area contributed by atoms with Crippen molar-refractivity contribution >= 4 is 18.3 Å². The van der Waals surface area contributed by atoms with Crippen LogP contribution < -0.4 is 5.32 Å². The Morgan fingerprint density at radius 2 is 2.14 bits per heavy atom. The van der Waals surface area contributed by atoms with Gasteiger partial charge in [-0.05, 0) is 31.5 Å². The number of nitrogens with zero attached hydrogens (tertiary/aromatic N) is 1. The second-order valence-corrected chi connectivity index (χ2v) is 5.34. The number of carbonyl (C=O) groups excluding carboxylic acids is 1. The molecule has 0 radical (unpaired) electrons. The fourth-order valence-electron chi connectivity index (χ4n) is 2.67. The average molecular weight is 331 g/mol. The zero-order chi connectivity index (χ0) is 15.2. The largest absolute Gasteiger partial charge is 0.378 e. The molecule has 1 amide bonds. The number of hydrogen-bond acceptors (Lipinski definition) is 3. The molecule has 0 bridgehead atoms. The first-order valence-corrected chi connectivity index (χ1v) is 7.48. The van der Waals surface area contributed by atoms with Gasteiger partial charge in [0.25, 0.3) is 0 Å². The second-order valence-electron chi connectivity index (χ2n) is 5.34. The Morgan fingerprint density at radius 1 is 1.45 bits per heavy atom. The SMILES string of the molecule is CCN(C(=O)CC1COCCN1)C(C)c1ccc(F)cc1.Cl. The Labute approximate surface area is 137 Å². The number of nitrogens with one attached hydrogen (secondary N) is 1. The summed E-state index contributed by atoms with van der Waals surface area (Å²) >= 11 is 0. The molecule has 0 saturated carbocycles. The molecular formula is C16H24ClFN2O2.